The summed E-state index contributed by atoms with van der Waals surface area (Å²) in [6.07, 6.45) is 4.01. The first kappa shape index (κ1) is 6.60. The van der Waals surface area contributed by atoms with Crippen molar-refractivity contribution in [2.24, 2.45) is 4.36 Å². The number of nitrogens with zero attached hydrogens (tertiary/aromatic N) is 1. The molecular weight excluding hydrogens is 166 g/mol. The first-order valence-corrected chi connectivity index (χ1v) is 4.86. The molecule has 1 unspecified atom stereocenters. The number of amides is 1. The van der Waals surface area contributed by atoms with Crippen molar-refractivity contribution in [1.29, 1.82) is 0 Å². The van der Waals surface area contributed by atoms with Crippen LogP contribution < -0.4 is 0 Å². The molecule has 0 N–H and O–H groups in total. The number of rotatable bonds is 0. The molecule has 0 aliphatic carbocycles. The van der Waals surface area contributed by atoms with Crippen molar-refractivity contribution in [3.05, 3.63) is 18.1 Å². The normalized spacial score (nSPS) is 28.3. The molecule has 1 amide bonds. The van der Waals surface area contributed by atoms with Gasteiger partial charge in [0.15, 0.2) is 0 Å². The Morgan fingerprint density at radius 2 is 2.27 bits per heavy atom. The van der Waals surface area contributed by atoms with Gasteiger partial charge in [-0.3, -0.25) is 4.79 Å². The molecule has 1 atom stereocenters. The molecule has 1 aromatic rings. The highest BCUT2D eigenvalue weighted by atomic mass is 32.2. The van der Waals surface area contributed by atoms with Gasteiger partial charge in [-0.05, 0) is 0 Å². The average molecular weight is 171 g/mol. The second-order valence-electron chi connectivity index (χ2n) is 2.35. The van der Waals surface area contributed by atoms with Crippen LogP contribution in [-0.2, 0) is 9.73 Å². The molecule has 0 aromatic carbocycles. The SMILES string of the molecule is CS1(=O)=NC(=O)c2cocc21. The van der Waals surface area contributed by atoms with Gasteiger partial charge in [-0.2, -0.15) is 4.36 Å². The summed E-state index contributed by atoms with van der Waals surface area (Å²) in [5.41, 5.74) is 0.331. The molecule has 5 heteroatoms. The minimum atomic E-state index is -2.48. The number of hydrogen-bond acceptors (Lipinski definition) is 3. The minimum Gasteiger partial charge on any atom is -0.470 e. The quantitative estimate of drug-likeness (QED) is 0.582. The molecule has 0 spiro atoms. The highest BCUT2D eigenvalue weighted by Gasteiger charge is 2.27. The molecule has 11 heavy (non-hydrogen) atoms. The Bertz CT molecular complexity index is 436. The van der Waals surface area contributed by atoms with Gasteiger partial charge in [0.25, 0.3) is 5.91 Å². The van der Waals surface area contributed by atoms with E-state index in [0.29, 0.717) is 10.5 Å². The summed E-state index contributed by atoms with van der Waals surface area (Å²) in [5.74, 6) is -0.443. The van der Waals surface area contributed by atoms with Gasteiger partial charge in [-0.15, -0.1) is 0 Å². The number of hydrogen-bond donors (Lipinski definition) is 0. The zero-order valence-corrected chi connectivity index (χ0v) is 6.55. The van der Waals surface area contributed by atoms with Crippen LogP contribution in [0.25, 0.3) is 0 Å². The lowest BCUT2D eigenvalue weighted by molar-refractivity contribution is 0.101. The van der Waals surface area contributed by atoms with E-state index >= 15 is 0 Å². The Balaban J connectivity index is 2.89. The van der Waals surface area contributed by atoms with Crippen molar-refractivity contribution in [2.45, 2.75) is 4.90 Å². The van der Waals surface area contributed by atoms with Crippen LogP contribution in [0.3, 0.4) is 0 Å². The highest BCUT2D eigenvalue weighted by molar-refractivity contribution is 7.93. The van der Waals surface area contributed by atoms with Crippen LogP contribution in [-0.4, -0.2) is 16.4 Å². The van der Waals surface area contributed by atoms with E-state index in [1.807, 2.05) is 0 Å². The van der Waals surface area contributed by atoms with Crippen molar-refractivity contribution in [3.63, 3.8) is 0 Å². The van der Waals surface area contributed by atoms with E-state index < -0.39 is 15.6 Å². The fraction of sp³-hybridized carbons (Fsp3) is 0.167. The van der Waals surface area contributed by atoms with Crippen LogP contribution >= 0.6 is 0 Å². The summed E-state index contributed by atoms with van der Waals surface area (Å²) < 4.78 is 19.6. The Morgan fingerprint density at radius 1 is 1.55 bits per heavy atom. The van der Waals surface area contributed by atoms with E-state index in [9.17, 15) is 9.00 Å². The number of furan rings is 1. The lowest BCUT2D eigenvalue weighted by Crippen LogP contribution is -1.89. The van der Waals surface area contributed by atoms with Gasteiger partial charge in [0, 0.05) is 6.26 Å². The maximum atomic E-state index is 11.4. The molecule has 1 aromatic heterocycles. The summed E-state index contributed by atoms with van der Waals surface area (Å²) in [5, 5.41) is 0. The van der Waals surface area contributed by atoms with Crippen LogP contribution in [0, 0.1) is 0 Å². The van der Waals surface area contributed by atoms with Crippen LogP contribution in [0.15, 0.2) is 26.2 Å². The van der Waals surface area contributed by atoms with E-state index in [4.69, 9.17) is 4.42 Å². The number of fused-ring (bicyclic) bond motifs is 1. The molecule has 58 valence electrons. The highest BCUT2D eigenvalue weighted by Crippen LogP contribution is 2.25. The lowest BCUT2D eigenvalue weighted by atomic mass is 10.3. The van der Waals surface area contributed by atoms with E-state index in [1.54, 1.807) is 0 Å². The molecule has 0 saturated carbocycles. The zero-order chi connectivity index (χ0) is 8.06. The van der Waals surface area contributed by atoms with E-state index in [2.05, 4.69) is 4.36 Å². The third kappa shape index (κ3) is 0.742. The topological polar surface area (TPSA) is 59.6 Å². The van der Waals surface area contributed by atoms with Crippen LogP contribution in [0.4, 0.5) is 0 Å². The van der Waals surface area contributed by atoms with Gasteiger partial charge in [0.1, 0.15) is 12.5 Å². The fourth-order valence-electron chi connectivity index (χ4n) is 0.991. The third-order valence-electron chi connectivity index (χ3n) is 1.52. The Hall–Kier alpha value is -1.10. The van der Waals surface area contributed by atoms with Crippen LogP contribution in [0.2, 0.25) is 0 Å². The summed E-state index contributed by atoms with van der Waals surface area (Å²) >= 11 is 0. The molecule has 2 heterocycles. The van der Waals surface area contributed by atoms with Crippen molar-refractivity contribution >= 4 is 15.6 Å². The third-order valence-corrected chi connectivity index (χ3v) is 3.17. The summed E-state index contributed by atoms with van der Waals surface area (Å²) in [7, 11) is -2.48. The standard InChI is InChI=1S/C6H5NO3S/c1-11(9)5-3-10-2-4(5)6(8)7-11/h2-3H,1H3. The van der Waals surface area contributed by atoms with Crippen molar-refractivity contribution < 1.29 is 13.4 Å². The Labute approximate surface area is 63.4 Å². The zero-order valence-electron chi connectivity index (χ0n) is 5.73. The van der Waals surface area contributed by atoms with E-state index in [0.717, 1.165) is 0 Å². The molecule has 0 saturated heterocycles. The predicted molar refractivity (Wildman–Crippen MR) is 37.8 cm³/mol. The Morgan fingerprint density at radius 3 is 2.91 bits per heavy atom. The monoisotopic (exact) mass is 171 g/mol. The van der Waals surface area contributed by atoms with E-state index in [-0.39, 0.29) is 0 Å². The molecule has 0 radical (unpaired) electrons. The van der Waals surface area contributed by atoms with Gasteiger partial charge in [0.2, 0.25) is 0 Å². The second-order valence-corrected chi connectivity index (χ2v) is 4.58. The van der Waals surface area contributed by atoms with Crippen molar-refractivity contribution in [3.8, 4) is 0 Å². The molecule has 0 fully saturated rings. The Kier molecular flexibility index (Phi) is 1.04. The van der Waals surface area contributed by atoms with Gasteiger partial charge >= 0.3 is 0 Å². The van der Waals surface area contributed by atoms with Crippen LogP contribution in [0.5, 0.6) is 0 Å². The molecule has 1 aliphatic rings. The molecule has 4 nitrogen and oxygen atoms in total. The second kappa shape index (κ2) is 1.73. The molecular formula is C6H5NO3S. The van der Waals surface area contributed by atoms with E-state index in [1.165, 1.54) is 18.8 Å². The molecule has 0 bridgehead atoms. The molecule has 1 aliphatic heterocycles. The van der Waals surface area contributed by atoms with Gasteiger partial charge < -0.3 is 4.42 Å². The van der Waals surface area contributed by atoms with Crippen LogP contribution in [0.1, 0.15) is 10.4 Å². The van der Waals surface area contributed by atoms with Crippen molar-refractivity contribution in [2.75, 3.05) is 6.26 Å². The number of carbonyl (C=O) groups excluding carboxylic acids is 1. The summed E-state index contributed by atoms with van der Waals surface area (Å²) in [6.45, 7) is 0. The smallest absolute Gasteiger partial charge is 0.289 e. The first-order chi connectivity index (χ1) is 5.11. The minimum absolute atomic E-state index is 0.331. The van der Waals surface area contributed by atoms with Gasteiger partial charge in [-0.25, -0.2) is 4.21 Å². The fourth-order valence-corrected chi connectivity index (χ4v) is 2.28. The summed E-state index contributed by atoms with van der Waals surface area (Å²) in [6, 6.07) is 0. The van der Waals surface area contributed by atoms with Crippen molar-refractivity contribution in [1.82, 2.24) is 0 Å². The number of carbonyl (C=O) groups is 1. The maximum absolute atomic E-state index is 11.4. The maximum Gasteiger partial charge on any atom is 0.289 e. The summed E-state index contributed by atoms with van der Waals surface area (Å²) in [4.78, 5) is 11.4. The van der Waals surface area contributed by atoms with Gasteiger partial charge in [0.05, 0.1) is 20.2 Å². The lowest BCUT2D eigenvalue weighted by Gasteiger charge is -1.88. The molecule has 2 rings (SSSR count). The largest absolute Gasteiger partial charge is 0.470 e. The van der Waals surface area contributed by atoms with Gasteiger partial charge in [-0.1, -0.05) is 0 Å². The first-order valence-electron chi connectivity index (χ1n) is 2.94. The average Bonchev–Trinajstić information content (AvgIpc) is 2.37. The predicted octanol–water partition coefficient (Wildman–Crippen LogP) is 0.890.